The van der Waals surface area contributed by atoms with Crippen molar-refractivity contribution in [2.75, 3.05) is 19.0 Å². The lowest BCUT2D eigenvalue weighted by atomic mass is 9.81. The van der Waals surface area contributed by atoms with Crippen molar-refractivity contribution in [1.29, 1.82) is 0 Å². The molecule has 0 bridgehead atoms. The van der Waals surface area contributed by atoms with Crippen LogP contribution in [0.3, 0.4) is 0 Å². The Kier molecular flexibility index (Phi) is 4.85. The first kappa shape index (κ1) is 16.6. The standard InChI is InChI=1S/C15H19BrClNO3/c1-14(2)9-15(6-7-21-14,13(19)20-3)18-10-4-5-12(17)11(16)8-10/h4-5,8,18H,6-7,9H2,1-3H3. The number of anilines is 1. The van der Waals surface area contributed by atoms with Gasteiger partial charge in [0.25, 0.3) is 0 Å². The van der Waals surface area contributed by atoms with Crippen molar-refractivity contribution in [2.24, 2.45) is 0 Å². The monoisotopic (exact) mass is 375 g/mol. The molecular weight excluding hydrogens is 358 g/mol. The predicted octanol–water partition coefficient (Wildman–Crippen LogP) is 4.02. The summed E-state index contributed by atoms with van der Waals surface area (Å²) < 4.78 is 11.5. The number of nitrogens with one attached hydrogen (secondary N) is 1. The minimum atomic E-state index is -0.788. The Hall–Kier alpha value is -0.780. The molecule has 0 saturated carbocycles. The lowest BCUT2D eigenvalue weighted by Crippen LogP contribution is -2.56. The van der Waals surface area contributed by atoms with Crippen LogP contribution in [0, 0.1) is 0 Å². The molecule has 2 rings (SSSR count). The van der Waals surface area contributed by atoms with Crippen LogP contribution in [0.25, 0.3) is 0 Å². The average Bonchev–Trinajstić information content (AvgIpc) is 2.41. The summed E-state index contributed by atoms with van der Waals surface area (Å²) in [5.41, 5.74) is -0.360. The molecule has 1 aliphatic heterocycles. The van der Waals surface area contributed by atoms with Gasteiger partial charge in [-0.1, -0.05) is 11.6 Å². The second-order valence-electron chi connectivity index (χ2n) is 5.86. The molecule has 0 aliphatic carbocycles. The molecule has 1 N–H and O–H groups in total. The van der Waals surface area contributed by atoms with Crippen molar-refractivity contribution in [2.45, 2.75) is 37.8 Å². The highest BCUT2D eigenvalue weighted by Gasteiger charge is 2.47. The Morgan fingerprint density at radius 2 is 2.19 bits per heavy atom. The van der Waals surface area contributed by atoms with E-state index in [9.17, 15) is 4.79 Å². The van der Waals surface area contributed by atoms with Gasteiger partial charge < -0.3 is 14.8 Å². The van der Waals surface area contributed by atoms with E-state index in [0.29, 0.717) is 24.5 Å². The van der Waals surface area contributed by atoms with Crippen molar-refractivity contribution >= 4 is 39.2 Å². The van der Waals surface area contributed by atoms with Crippen molar-refractivity contribution in [1.82, 2.24) is 0 Å². The molecule has 1 atom stereocenters. The van der Waals surface area contributed by atoms with E-state index in [4.69, 9.17) is 21.1 Å². The summed E-state index contributed by atoms with van der Waals surface area (Å²) in [4.78, 5) is 12.4. The van der Waals surface area contributed by atoms with Gasteiger partial charge in [0.2, 0.25) is 0 Å². The molecule has 4 nitrogen and oxygen atoms in total. The van der Waals surface area contributed by atoms with Crippen LogP contribution >= 0.6 is 27.5 Å². The summed E-state index contributed by atoms with van der Waals surface area (Å²) in [6.07, 6.45) is 1.09. The molecule has 1 aliphatic rings. The summed E-state index contributed by atoms with van der Waals surface area (Å²) in [6, 6.07) is 5.49. The van der Waals surface area contributed by atoms with Crippen molar-refractivity contribution in [3.8, 4) is 0 Å². The highest BCUT2D eigenvalue weighted by Crippen LogP contribution is 2.36. The van der Waals surface area contributed by atoms with Gasteiger partial charge in [-0.3, -0.25) is 0 Å². The molecule has 1 unspecified atom stereocenters. The molecule has 116 valence electrons. The SMILES string of the molecule is COC(=O)C1(Nc2ccc(Cl)c(Br)c2)CCOC(C)(C)C1. The van der Waals surface area contributed by atoms with E-state index in [1.165, 1.54) is 7.11 Å². The van der Waals surface area contributed by atoms with Crippen LogP contribution in [0.4, 0.5) is 5.69 Å². The molecule has 1 aromatic rings. The average molecular weight is 377 g/mol. The van der Waals surface area contributed by atoms with E-state index in [2.05, 4.69) is 21.2 Å². The van der Waals surface area contributed by atoms with Gasteiger partial charge >= 0.3 is 5.97 Å². The van der Waals surface area contributed by atoms with E-state index in [-0.39, 0.29) is 11.6 Å². The first-order valence-electron chi connectivity index (χ1n) is 6.74. The highest BCUT2D eigenvalue weighted by atomic mass is 79.9. The number of carbonyl (C=O) groups is 1. The summed E-state index contributed by atoms with van der Waals surface area (Å²) in [6.45, 7) is 4.45. The Morgan fingerprint density at radius 3 is 2.76 bits per heavy atom. The zero-order chi connectivity index (χ0) is 15.7. The normalized spacial score (nSPS) is 24.4. The van der Waals surface area contributed by atoms with E-state index in [1.54, 1.807) is 6.07 Å². The number of methoxy groups -OCH3 is 1. The van der Waals surface area contributed by atoms with Crippen molar-refractivity contribution in [3.63, 3.8) is 0 Å². The number of halogens is 2. The lowest BCUT2D eigenvalue weighted by Gasteiger charge is -2.43. The third kappa shape index (κ3) is 3.71. The minimum absolute atomic E-state index is 0.273. The van der Waals surface area contributed by atoms with Crippen LogP contribution in [0.15, 0.2) is 22.7 Å². The van der Waals surface area contributed by atoms with Crippen LogP contribution < -0.4 is 5.32 Å². The smallest absolute Gasteiger partial charge is 0.331 e. The molecule has 21 heavy (non-hydrogen) atoms. The van der Waals surface area contributed by atoms with Gasteiger partial charge in [0.15, 0.2) is 0 Å². The van der Waals surface area contributed by atoms with Crippen LogP contribution in [-0.2, 0) is 14.3 Å². The molecular formula is C15H19BrClNO3. The Labute approximate surface area is 138 Å². The van der Waals surface area contributed by atoms with E-state index in [1.807, 2.05) is 26.0 Å². The molecule has 1 heterocycles. The van der Waals surface area contributed by atoms with Crippen molar-refractivity contribution in [3.05, 3.63) is 27.7 Å². The fourth-order valence-electron chi connectivity index (χ4n) is 2.75. The number of benzene rings is 1. The number of hydrogen-bond donors (Lipinski definition) is 1. The Balaban J connectivity index is 2.32. The third-order valence-electron chi connectivity index (χ3n) is 3.63. The largest absolute Gasteiger partial charge is 0.467 e. The number of ether oxygens (including phenoxy) is 2. The number of hydrogen-bond acceptors (Lipinski definition) is 4. The van der Waals surface area contributed by atoms with Gasteiger partial charge in [-0.05, 0) is 48.0 Å². The molecule has 1 fully saturated rings. The molecule has 6 heteroatoms. The molecule has 1 saturated heterocycles. The summed E-state index contributed by atoms with van der Waals surface area (Å²) in [5, 5.41) is 3.95. The Bertz CT molecular complexity index is 550. The molecule has 1 aromatic carbocycles. The molecule has 0 amide bonds. The van der Waals surface area contributed by atoms with E-state index in [0.717, 1.165) is 10.2 Å². The molecule has 0 radical (unpaired) electrons. The zero-order valence-electron chi connectivity index (χ0n) is 12.3. The second-order valence-corrected chi connectivity index (χ2v) is 7.12. The predicted molar refractivity (Wildman–Crippen MR) is 86.8 cm³/mol. The van der Waals surface area contributed by atoms with E-state index < -0.39 is 5.54 Å². The fraction of sp³-hybridized carbons (Fsp3) is 0.533. The maximum absolute atomic E-state index is 12.4. The molecule has 0 spiro atoms. The van der Waals surface area contributed by atoms with Crippen LogP contribution in [-0.4, -0.2) is 30.8 Å². The number of rotatable bonds is 3. The van der Waals surface area contributed by atoms with Crippen molar-refractivity contribution < 1.29 is 14.3 Å². The van der Waals surface area contributed by atoms with Crippen LogP contribution in [0.5, 0.6) is 0 Å². The number of carbonyl (C=O) groups excluding carboxylic acids is 1. The van der Waals surface area contributed by atoms with E-state index >= 15 is 0 Å². The van der Waals surface area contributed by atoms with Gasteiger partial charge in [0.05, 0.1) is 24.3 Å². The third-order valence-corrected chi connectivity index (χ3v) is 4.84. The lowest BCUT2D eigenvalue weighted by molar-refractivity contribution is -0.156. The maximum Gasteiger partial charge on any atom is 0.331 e. The first-order valence-corrected chi connectivity index (χ1v) is 7.91. The maximum atomic E-state index is 12.4. The minimum Gasteiger partial charge on any atom is -0.467 e. The van der Waals surface area contributed by atoms with Crippen LogP contribution in [0.1, 0.15) is 26.7 Å². The first-order chi connectivity index (χ1) is 9.78. The second kappa shape index (κ2) is 6.15. The van der Waals surface area contributed by atoms with Gasteiger partial charge in [-0.2, -0.15) is 0 Å². The molecule has 0 aromatic heterocycles. The van der Waals surface area contributed by atoms with Gasteiger partial charge in [0, 0.05) is 23.0 Å². The fourth-order valence-corrected chi connectivity index (χ4v) is 3.24. The zero-order valence-corrected chi connectivity index (χ0v) is 14.7. The van der Waals surface area contributed by atoms with Gasteiger partial charge in [-0.15, -0.1) is 0 Å². The summed E-state index contributed by atoms with van der Waals surface area (Å²) in [7, 11) is 1.41. The quantitative estimate of drug-likeness (QED) is 0.810. The van der Waals surface area contributed by atoms with Gasteiger partial charge in [-0.25, -0.2) is 4.79 Å². The van der Waals surface area contributed by atoms with Gasteiger partial charge in [0.1, 0.15) is 5.54 Å². The topological polar surface area (TPSA) is 47.6 Å². The Morgan fingerprint density at radius 1 is 1.48 bits per heavy atom. The number of esters is 1. The summed E-state index contributed by atoms with van der Waals surface area (Å²) in [5.74, 6) is -0.273. The highest BCUT2D eigenvalue weighted by molar-refractivity contribution is 9.10. The van der Waals surface area contributed by atoms with Crippen LogP contribution in [0.2, 0.25) is 5.02 Å². The summed E-state index contributed by atoms with van der Waals surface area (Å²) >= 11 is 9.40.